The third-order valence-corrected chi connectivity index (χ3v) is 4.69. The average Bonchev–Trinajstić information content (AvgIpc) is 2.88. The molecule has 2 heterocycles. The lowest BCUT2D eigenvalue weighted by atomic mass is 9.85. The van der Waals surface area contributed by atoms with Gasteiger partial charge in [-0.2, -0.15) is 0 Å². The second-order valence-corrected chi connectivity index (χ2v) is 6.42. The molecule has 0 spiro atoms. The van der Waals surface area contributed by atoms with Crippen LogP contribution in [-0.2, 0) is 5.54 Å². The van der Waals surface area contributed by atoms with Gasteiger partial charge in [-0.3, -0.25) is 9.98 Å². The summed E-state index contributed by atoms with van der Waals surface area (Å²) in [5.74, 6) is 0.508. The molecule has 0 radical (unpaired) electrons. The summed E-state index contributed by atoms with van der Waals surface area (Å²) in [6.45, 7) is 4.21. The zero-order valence-corrected chi connectivity index (χ0v) is 13.8. The Balaban J connectivity index is 1.86. The number of hydrogen-bond acceptors (Lipinski definition) is 3. The number of benzene rings is 2. The normalized spacial score (nSPS) is 19.0. The third kappa shape index (κ3) is 2.21. The van der Waals surface area contributed by atoms with Crippen LogP contribution in [-0.4, -0.2) is 10.8 Å². The van der Waals surface area contributed by atoms with E-state index < -0.39 is 5.54 Å². The van der Waals surface area contributed by atoms with Gasteiger partial charge in [-0.05, 0) is 42.7 Å². The van der Waals surface area contributed by atoms with Crippen molar-refractivity contribution in [1.29, 1.82) is 0 Å². The summed E-state index contributed by atoms with van der Waals surface area (Å²) in [7, 11) is 0. The number of amidine groups is 1. The number of hydrogen-bond donors (Lipinski definition) is 1. The fourth-order valence-electron chi connectivity index (χ4n) is 3.40. The van der Waals surface area contributed by atoms with E-state index in [1.807, 2.05) is 6.07 Å². The highest BCUT2D eigenvalue weighted by molar-refractivity contribution is 6.00. The van der Waals surface area contributed by atoms with Crippen LogP contribution < -0.4 is 5.73 Å². The largest absolute Gasteiger partial charge is 0.382 e. The van der Waals surface area contributed by atoms with E-state index in [0.29, 0.717) is 5.84 Å². The van der Waals surface area contributed by atoms with Crippen molar-refractivity contribution in [3.63, 3.8) is 0 Å². The van der Waals surface area contributed by atoms with Crippen LogP contribution in [0.1, 0.15) is 29.3 Å². The van der Waals surface area contributed by atoms with Crippen molar-refractivity contribution in [3.8, 4) is 11.1 Å². The van der Waals surface area contributed by atoms with E-state index in [1.165, 1.54) is 16.7 Å². The minimum Gasteiger partial charge on any atom is -0.382 e. The van der Waals surface area contributed by atoms with Crippen molar-refractivity contribution in [2.24, 2.45) is 10.7 Å². The second-order valence-electron chi connectivity index (χ2n) is 6.42. The van der Waals surface area contributed by atoms with Gasteiger partial charge in [0.25, 0.3) is 0 Å². The smallest absolute Gasteiger partial charge is 0.146 e. The highest BCUT2D eigenvalue weighted by atomic mass is 15.0. The second kappa shape index (κ2) is 5.31. The number of fused-ring (bicyclic) bond motifs is 1. The molecule has 0 fully saturated rings. The summed E-state index contributed by atoms with van der Waals surface area (Å²) in [4.78, 5) is 9.14. The SMILES string of the molecule is Cc1cccc(-c2cccc(C3(C)N=C(N)c4ncccc43)c2)c1. The Labute approximate surface area is 141 Å². The van der Waals surface area contributed by atoms with Crippen molar-refractivity contribution in [2.75, 3.05) is 0 Å². The Morgan fingerprint density at radius 1 is 0.917 bits per heavy atom. The van der Waals surface area contributed by atoms with Gasteiger partial charge in [0, 0.05) is 11.8 Å². The van der Waals surface area contributed by atoms with Gasteiger partial charge >= 0.3 is 0 Å². The van der Waals surface area contributed by atoms with Crippen LogP contribution in [0.25, 0.3) is 11.1 Å². The monoisotopic (exact) mass is 313 g/mol. The molecule has 118 valence electrons. The summed E-state index contributed by atoms with van der Waals surface area (Å²) >= 11 is 0. The molecule has 2 N–H and O–H groups in total. The quantitative estimate of drug-likeness (QED) is 0.776. The molecule has 0 aliphatic carbocycles. The van der Waals surface area contributed by atoms with E-state index in [2.05, 4.69) is 73.4 Å². The molecule has 1 aliphatic rings. The minimum absolute atomic E-state index is 0.493. The topological polar surface area (TPSA) is 51.3 Å². The fourth-order valence-corrected chi connectivity index (χ4v) is 3.40. The number of nitrogens with zero attached hydrogens (tertiary/aromatic N) is 2. The molecule has 0 saturated heterocycles. The molecule has 3 nitrogen and oxygen atoms in total. The van der Waals surface area contributed by atoms with E-state index in [-0.39, 0.29) is 0 Å². The van der Waals surface area contributed by atoms with Gasteiger partial charge < -0.3 is 5.73 Å². The summed E-state index contributed by atoms with van der Waals surface area (Å²) in [5.41, 5.74) is 12.2. The molecular formula is C21H19N3. The zero-order valence-electron chi connectivity index (χ0n) is 13.8. The molecule has 1 aliphatic heterocycles. The molecule has 1 aromatic heterocycles. The first-order chi connectivity index (χ1) is 11.6. The van der Waals surface area contributed by atoms with Crippen molar-refractivity contribution < 1.29 is 0 Å². The summed E-state index contributed by atoms with van der Waals surface area (Å²) < 4.78 is 0. The lowest BCUT2D eigenvalue weighted by Crippen LogP contribution is -2.18. The van der Waals surface area contributed by atoms with Gasteiger partial charge in [0.05, 0.1) is 0 Å². The van der Waals surface area contributed by atoms with Crippen LogP contribution >= 0.6 is 0 Å². The van der Waals surface area contributed by atoms with Gasteiger partial charge in [0.15, 0.2) is 0 Å². The molecule has 0 bridgehead atoms. The Morgan fingerprint density at radius 3 is 2.46 bits per heavy atom. The Bertz CT molecular complexity index is 959. The highest BCUT2D eigenvalue weighted by Crippen LogP contribution is 2.40. The molecule has 3 heteroatoms. The van der Waals surface area contributed by atoms with Gasteiger partial charge in [-0.15, -0.1) is 0 Å². The standard InChI is InChI=1S/C21H19N3/c1-14-6-3-7-15(12-14)16-8-4-9-17(13-16)21(2)18-10-5-11-23-19(18)20(22)24-21/h3-13H,1-2H3,(H2,22,24). The van der Waals surface area contributed by atoms with Crippen molar-refractivity contribution in [2.45, 2.75) is 19.4 Å². The van der Waals surface area contributed by atoms with E-state index in [1.54, 1.807) is 6.20 Å². The molecular weight excluding hydrogens is 294 g/mol. The first kappa shape index (κ1) is 14.6. The first-order valence-corrected chi connectivity index (χ1v) is 8.07. The minimum atomic E-state index is -0.493. The van der Waals surface area contributed by atoms with Gasteiger partial charge in [0.1, 0.15) is 17.1 Å². The summed E-state index contributed by atoms with van der Waals surface area (Å²) in [5, 5.41) is 0. The number of nitrogens with two attached hydrogens (primary N) is 1. The Morgan fingerprint density at radius 2 is 1.67 bits per heavy atom. The van der Waals surface area contributed by atoms with Crippen LogP contribution in [0.15, 0.2) is 71.9 Å². The lowest BCUT2D eigenvalue weighted by Gasteiger charge is -2.23. The van der Waals surface area contributed by atoms with Gasteiger partial charge in [0.2, 0.25) is 0 Å². The van der Waals surface area contributed by atoms with Crippen LogP contribution in [0, 0.1) is 6.92 Å². The zero-order chi connectivity index (χ0) is 16.7. The summed E-state index contributed by atoms with van der Waals surface area (Å²) in [6.07, 6.45) is 1.76. The lowest BCUT2D eigenvalue weighted by molar-refractivity contribution is 0.619. The maximum absolute atomic E-state index is 6.12. The average molecular weight is 313 g/mol. The van der Waals surface area contributed by atoms with Crippen LogP contribution in [0.2, 0.25) is 0 Å². The molecule has 0 amide bonds. The Hall–Kier alpha value is -2.94. The maximum atomic E-state index is 6.12. The Kier molecular flexibility index (Phi) is 3.24. The number of aryl methyl sites for hydroxylation is 1. The van der Waals surface area contributed by atoms with Crippen molar-refractivity contribution >= 4 is 5.84 Å². The van der Waals surface area contributed by atoms with E-state index >= 15 is 0 Å². The molecule has 1 unspecified atom stereocenters. The molecule has 1 atom stereocenters. The van der Waals surface area contributed by atoms with Gasteiger partial charge in [-0.1, -0.05) is 54.1 Å². The molecule has 24 heavy (non-hydrogen) atoms. The summed E-state index contributed by atoms with van der Waals surface area (Å²) in [6, 6.07) is 21.1. The number of aromatic nitrogens is 1. The van der Waals surface area contributed by atoms with Gasteiger partial charge in [-0.25, -0.2) is 0 Å². The van der Waals surface area contributed by atoms with Crippen LogP contribution in [0.5, 0.6) is 0 Å². The molecule has 3 aromatic rings. The fraction of sp³-hybridized carbons (Fsp3) is 0.143. The maximum Gasteiger partial charge on any atom is 0.146 e. The predicted molar refractivity (Wildman–Crippen MR) is 98.0 cm³/mol. The molecule has 0 saturated carbocycles. The third-order valence-electron chi connectivity index (χ3n) is 4.69. The predicted octanol–water partition coefficient (Wildman–Crippen LogP) is 4.04. The number of pyridine rings is 1. The van der Waals surface area contributed by atoms with E-state index in [0.717, 1.165) is 16.8 Å². The molecule has 4 rings (SSSR count). The van der Waals surface area contributed by atoms with E-state index in [9.17, 15) is 0 Å². The van der Waals surface area contributed by atoms with E-state index in [4.69, 9.17) is 10.7 Å². The number of rotatable bonds is 2. The number of aliphatic imine (C=N–C) groups is 1. The van der Waals surface area contributed by atoms with Crippen LogP contribution in [0.3, 0.4) is 0 Å². The van der Waals surface area contributed by atoms with Crippen molar-refractivity contribution in [3.05, 3.63) is 89.2 Å². The van der Waals surface area contributed by atoms with Crippen molar-refractivity contribution in [1.82, 2.24) is 4.98 Å². The highest BCUT2D eigenvalue weighted by Gasteiger charge is 2.37. The molecule has 2 aromatic carbocycles. The first-order valence-electron chi connectivity index (χ1n) is 8.07. The van der Waals surface area contributed by atoms with Crippen LogP contribution in [0.4, 0.5) is 0 Å².